The molecular formula is C22H18Cl2N4S. The lowest BCUT2D eigenvalue weighted by Crippen LogP contribution is -2.00. The number of halogens is 2. The molecule has 2 aromatic heterocycles. The molecule has 4 rings (SSSR count). The summed E-state index contributed by atoms with van der Waals surface area (Å²) in [6.45, 7) is 2.15. The van der Waals surface area contributed by atoms with Crippen LogP contribution in [0.25, 0.3) is 17.1 Å². The third-order valence-corrected chi connectivity index (χ3v) is 6.11. The van der Waals surface area contributed by atoms with Gasteiger partial charge in [-0.2, -0.15) is 0 Å². The first-order valence-corrected chi connectivity index (χ1v) is 10.9. The van der Waals surface area contributed by atoms with Crippen molar-refractivity contribution >= 4 is 35.0 Å². The molecule has 2 aromatic carbocycles. The SMILES string of the molecule is CCc1ccc(-n2c(SCc3ccc(Cl)cc3Cl)nnc2-c2ccncc2)cc1. The van der Waals surface area contributed by atoms with Crippen LogP contribution in [0, 0.1) is 0 Å². The van der Waals surface area contributed by atoms with Gasteiger partial charge in [-0.1, -0.05) is 60.1 Å². The van der Waals surface area contributed by atoms with Gasteiger partial charge in [0.1, 0.15) is 0 Å². The Morgan fingerprint density at radius 3 is 2.38 bits per heavy atom. The predicted octanol–water partition coefficient (Wildman–Crippen LogP) is 6.49. The second-order valence-corrected chi connectivity index (χ2v) is 8.21. The minimum Gasteiger partial charge on any atom is -0.270 e. The average Bonchev–Trinajstić information content (AvgIpc) is 3.18. The maximum Gasteiger partial charge on any atom is 0.196 e. The quantitative estimate of drug-likeness (QED) is 0.321. The first-order chi connectivity index (χ1) is 14.2. The minimum atomic E-state index is 0.628. The monoisotopic (exact) mass is 440 g/mol. The largest absolute Gasteiger partial charge is 0.270 e. The smallest absolute Gasteiger partial charge is 0.196 e. The molecule has 7 heteroatoms. The molecule has 0 aliphatic heterocycles. The number of hydrogen-bond acceptors (Lipinski definition) is 4. The summed E-state index contributed by atoms with van der Waals surface area (Å²) in [6, 6.07) is 17.9. The van der Waals surface area contributed by atoms with Crippen molar-refractivity contribution in [2.45, 2.75) is 24.3 Å². The Labute approximate surface area is 183 Å². The number of thioether (sulfide) groups is 1. The number of aryl methyl sites for hydroxylation is 1. The van der Waals surface area contributed by atoms with E-state index in [1.165, 1.54) is 5.56 Å². The zero-order valence-corrected chi connectivity index (χ0v) is 18.0. The fourth-order valence-electron chi connectivity index (χ4n) is 2.95. The number of benzene rings is 2. The molecule has 29 heavy (non-hydrogen) atoms. The van der Waals surface area contributed by atoms with E-state index in [2.05, 4.69) is 50.9 Å². The zero-order valence-electron chi connectivity index (χ0n) is 15.7. The standard InChI is InChI=1S/C22H18Cl2N4S/c1-2-15-3-7-19(8-4-15)28-21(16-9-11-25-12-10-16)26-27-22(28)29-14-17-5-6-18(23)13-20(17)24/h3-13H,2,14H2,1H3. The van der Waals surface area contributed by atoms with E-state index in [1.54, 1.807) is 30.2 Å². The Bertz CT molecular complexity index is 1110. The summed E-state index contributed by atoms with van der Waals surface area (Å²) in [6.07, 6.45) is 4.51. The lowest BCUT2D eigenvalue weighted by Gasteiger charge is -2.11. The lowest BCUT2D eigenvalue weighted by molar-refractivity contribution is 0.885. The van der Waals surface area contributed by atoms with Crippen LogP contribution in [-0.2, 0) is 12.2 Å². The fraction of sp³-hybridized carbons (Fsp3) is 0.136. The molecule has 4 nitrogen and oxygen atoms in total. The first kappa shape index (κ1) is 20.0. The lowest BCUT2D eigenvalue weighted by atomic mass is 10.1. The van der Waals surface area contributed by atoms with Gasteiger partial charge >= 0.3 is 0 Å². The number of hydrogen-bond donors (Lipinski definition) is 0. The van der Waals surface area contributed by atoms with Gasteiger partial charge in [-0.05, 0) is 53.9 Å². The van der Waals surface area contributed by atoms with Gasteiger partial charge in [-0.15, -0.1) is 10.2 Å². The summed E-state index contributed by atoms with van der Waals surface area (Å²) < 4.78 is 2.07. The van der Waals surface area contributed by atoms with E-state index in [4.69, 9.17) is 23.2 Å². The molecule has 0 spiro atoms. The predicted molar refractivity (Wildman–Crippen MR) is 120 cm³/mol. The number of nitrogens with zero attached hydrogens (tertiary/aromatic N) is 4. The molecule has 0 saturated carbocycles. The Morgan fingerprint density at radius 2 is 1.69 bits per heavy atom. The van der Waals surface area contributed by atoms with Gasteiger partial charge in [0.2, 0.25) is 0 Å². The molecule has 0 radical (unpaired) electrons. The third-order valence-electron chi connectivity index (χ3n) is 4.55. The molecule has 0 N–H and O–H groups in total. The summed E-state index contributed by atoms with van der Waals surface area (Å²) in [5, 5.41) is 11.0. The van der Waals surface area contributed by atoms with Crippen LogP contribution in [-0.4, -0.2) is 19.7 Å². The molecule has 2 heterocycles. The Kier molecular flexibility index (Phi) is 6.19. The molecule has 0 aliphatic rings. The van der Waals surface area contributed by atoms with Crippen LogP contribution >= 0.6 is 35.0 Å². The highest BCUT2D eigenvalue weighted by Gasteiger charge is 2.17. The van der Waals surface area contributed by atoms with Crippen molar-refractivity contribution in [1.29, 1.82) is 0 Å². The van der Waals surface area contributed by atoms with Crippen molar-refractivity contribution in [2.75, 3.05) is 0 Å². The maximum atomic E-state index is 6.34. The highest BCUT2D eigenvalue weighted by Crippen LogP contribution is 2.32. The van der Waals surface area contributed by atoms with Gasteiger partial charge in [0, 0.05) is 39.4 Å². The van der Waals surface area contributed by atoms with E-state index < -0.39 is 0 Å². The van der Waals surface area contributed by atoms with Gasteiger partial charge in [-0.3, -0.25) is 9.55 Å². The molecule has 0 unspecified atom stereocenters. The third kappa shape index (κ3) is 4.47. The summed E-state index contributed by atoms with van der Waals surface area (Å²) >= 11 is 13.9. The fourth-order valence-corrected chi connectivity index (χ4v) is 4.46. The van der Waals surface area contributed by atoms with E-state index in [0.29, 0.717) is 15.8 Å². The van der Waals surface area contributed by atoms with Crippen molar-refractivity contribution in [3.63, 3.8) is 0 Å². The van der Waals surface area contributed by atoms with Crippen LogP contribution in [0.4, 0.5) is 0 Å². The maximum absolute atomic E-state index is 6.34. The number of aromatic nitrogens is 4. The second kappa shape index (κ2) is 8.99. The highest BCUT2D eigenvalue weighted by molar-refractivity contribution is 7.98. The first-order valence-electron chi connectivity index (χ1n) is 9.17. The average molecular weight is 441 g/mol. The van der Waals surface area contributed by atoms with Crippen LogP contribution in [0.15, 0.2) is 72.1 Å². The van der Waals surface area contributed by atoms with E-state index >= 15 is 0 Å². The Balaban J connectivity index is 1.72. The Morgan fingerprint density at radius 1 is 0.931 bits per heavy atom. The number of pyridine rings is 1. The summed E-state index contributed by atoms with van der Waals surface area (Å²) in [5.74, 6) is 1.44. The molecular weight excluding hydrogens is 423 g/mol. The molecule has 0 bridgehead atoms. The molecule has 0 fully saturated rings. The van der Waals surface area contributed by atoms with Crippen LogP contribution in [0.1, 0.15) is 18.1 Å². The van der Waals surface area contributed by atoms with E-state index in [1.807, 2.05) is 24.3 Å². The van der Waals surface area contributed by atoms with Crippen LogP contribution in [0.2, 0.25) is 10.0 Å². The Hall–Kier alpha value is -2.34. The topological polar surface area (TPSA) is 43.6 Å². The van der Waals surface area contributed by atoms with Crippen molar-refractivity contribution < 1.29 is 0 Å². The van der Waals surface area contributed by atoms with Gasteiger partial charge in [0.05, 0.1) is 0 Å². The zero-order chi connectivity index (χ0) is 20.2. The molecule has 0 saturated heterocycles. The van der Waals surface area contributed by atoms with Gasteiger partial charge < -0.3 is 0 Å². The van der Waals surface area contributed by atoms with Crippen molar-refractivity contribution in [1.82, 2.24) is 19.7 Å². The summed E-state index contributed by atoms with van der Waals surface area (Å²) in [7, 11) is 0. The molecule has 0 amide bonds. The summed E-state index contributed by atoms with van der Waals surface area (Å²) in [4.78, 5) is 4.11. The van der Waals surface area contributed by atoms with E-state index in [9.17, 15) is 0 Å². The highest BCUT2D eigenvalue weighted by atomic mass is 35.5. The van der Waals surface area contributed by atoms with E-state index in [-0.39, 0.29) is 0 Å². The van der Waals surface area contributed by atoms with Gasteiger partial charge in [0.25, 0.3) is 0 Å². The van der Waals surface area contributed by atoms with Crippen molar-refractivity contribution in [2.24, 2.45) is 0 Å². The molecule has 0 aliphatic carbocycles. The number of rotatable bonds is 6. The van der Waals surface area contributed by atoms with Crippen LogP contribution in [0.3, 0.4) is 0 Å². The minimum absolute atomic E-state index is 0.628. The molecule has 146 valence electrons. The second-order valence-electron chi connectivity index (χ2n) is 6.42. The molecule has 0 atom stereocenters. The van der Waals surface area contributed by atoms with Crippen LogP contribution in [0.5, 0.6) is 0 Å². The van der Waals surface area contributed by atoms with Gasteiger partial charge in [0.15, 0.2) is 11.0 Å². The molecule has 4 aromatic rings. The van der Waals surface area contributed by atoms with Gasteiger partial charge in [-0.25, -0.2) is 0 Å². The van der Waals surface area contributed by atoms with Crippen LogP contribution < -0.4 is 0 Å². The van der Waals surface area contributed by atoms with Crippen molar-refractivity contribution in [3.05, 3.63) is 88.2 Å². The summed E-state index contributed by atoms with van der Waals surface area (Å²) in [5.41, 5.74) is 4.27. The van der Waals surface area contributed by atoms with E-state index in [0.717, 1.165) is 34.2 Å². The normalized spacial score (nSPS) is 11.0. The van der Waals surface area contributed by atoms with Crippen molar-refractivity contribution in [3.8, 4) is 17.1 Å².